The van der Waals surface area contributed by atoms with Crippen molar-refractivity contribution in [3.63, 3.8) is 0 Å². The fourth-order valence-electron chi connectivity index (χ4n) is 2.47. The van der Waals surface area contributed by atoms with Crippen LogP contribution in [0.25, 0.3) is 5.57 Å². The second-order valence-corrected chi connectivity index (χ2v) is 4.26. The van der Waals surface area contributed by atoms with E-state index >= 15 is 0 Å². The first-order valence-corrected chi connectivity index (χ1v) is 5.21. The van der Waals surface area contributed by atoms with Crippen molar-refractivity contribution in [1.82, 2.24) is 10.5 Å². The van der Waals surface area contributed by atoms with Crippen molar-refractivity contribution < 1.29 is 4.52 Å². The third-order valence-electron chi connectivity index (χ3n) is 3.21. The number of allylic oxidation sites excluding steroid dienone is 1. The molecule has 1 aromatic rings. The highest BCUT2D eigenvalue weighted by Gasteiger charge is 2.32. The van der Waals surface area contributed by atoms with Gasteiger partial charge < -0.3 is 9.84 Å². The van der Waals surface area contributed by atoms with E-state index in [9.17, 15) is 0 Å². The average Bonchev–Trinajstić information content (AvgIpc) is 2.75. The van der Waals surface area contributed by atoms with Gasteiger partial charge in [0.15, 0.2) is 5.76 Å². The first-order chi connectivity index (χ1) is 6.83. The lowest BCUT2D eigenvalue weighted by atomic mass is 10.0. The molecule has 0 amide bonds. The summed E-state index contributed by atoms with van der Waals surface area (Å²) in [7, 11) is 0. The third-order valence-corrected chi connectivity index (χ3v) is 3.21. The van der Waals surface area contributed by atoms with Crippen molar-refractivity contribution in [3.05, 3.63) is 23.6 Å². The van der Waals surface area contributed by atoms with Gasteiger partial charge in [-0.1, -0.05) is 11.2 Å². The summed E-state index contributed by atoms with van der Waals surface area (Å²) >= 11 is 0. The standard InChI is InChI=1S/C11H14N2O/c1-7-4-11(14-13-7)9-5-8-2-3-12-10(8)6-9/h4,6,8,10,12H,2-3,5H2,1H3/t8-,10+/m1/s1. The summed E-state index contributed by atoms with van der Waals surface area (Å²) in [5.41, 5.74) is 2.29. The summed E-state index contributed by atoms with van der Waals surface area (Å²) in [4.78, 5) is 0. The molecule has 1 aliphatic heterocycles. The maximum absolute atomic E-state index is 5.27. The van der Waals surface area contributed by atoms with E-state index in [-0.39, 0.29) is 0 Å². The SMILES string of the molecule is Cc1cc(C2=C[C@@H]3NCC[C@@H]3C2)on1. The molecule has 0 unspecified atom stereocenters. The Morgan fingerprint density at radius 3 is 3.21 bits per heavy atom. The largest absolute Gasteiger partial charge is 0.356 e. The predicted octanol–water partition coefficient (Wildman–Crippen LogP) is 1.75. The van der Waals surface area contributed by atoms with Gasteiger partial charge in [0.1, 0.15) is 0 Å². The number of rotatable bonds is 1. The smallest absolute Gasteiger partial charge is 0.162 e. The molecule has 2 heterocycles. The lowest BCUT2D eigenvalue weighted by Gasteiger charge is -2.05. The predicted molar refractivity (Wildman–Crippen MR) is 53.7 cm³/mol. The third kappa shape index (κ3) is 1.20. The molecule has 14 heavy (non-hydrogen) atoms. The van der Waals surface area contributed by atoms with E-state index in [0.29, 0.717) is 6.04 Å². The molecule has 1 aromatic heterocycles. The van der Waals surface area contributed by atoms with E-state index in [0.717, 1.165) is 30.3 Å². The minimum absolute atomic E-state index is 0.579. The number of aryl methyl sites for hydroxylation is 1. The van der Waals surface area contributed by atoms with Crippen molar-refractivity contribution in [2.24, 2.45) is 5.92 Å². The van der Waals surface area contributed by atoms with Crippen LogP contribution in [-0.4, -0.2) is 17.7 Å². The van der Waals surface area contributed by atoms with Crippen molar-refractivity contribution in [2.75, 3.05) is 6.54 Å². The average molecular weight is 190 g/mol. The van der Waals surface area contributed by atoms with Gasteiger partial charge in [-0.3, -0.25) is 0 Å². The molecule has 74 valence electrons. The second-order valence-electron chi connectivity index (χ2n) is 4.26. The lowest BCUT2D eigenvalue weighted by Crippen LogP contribution is -2.20. The quantitative estimate of drug-likeness (QED) is 0.733. The van der Waals surface area contributed by atoms with Crippen LogP contribution in [0.2, 0.25) is 0 Å². The Labute approximate surface area is 83.2 Å². The van der Waals surface area contributed by atoms with Crippen LogP contribution in [0.5, 0.6) is 0 Å². The van der Waals surface area contributed by atoms with E-state index in [4.69, 9.17) is 4.52 Å². The maximum Gasteiger partial charge on any atom is 0.162 e. The topological polar surface area (TPSA) is 38.1 Å². The highest BCUT2D eigenvalue weighted by molar-refractivity contribution is 5.65. The van der Waals surface area contributed by atoms with Gasteiger partial charge in [0.05, 0.1) is 5.69 Å². The fraction of sp³-hybridized carbons (Fsp3) is 0.545. The summed E-state index contributed by atoms with van der Waals surface area (Å²) in [6.07, 6.45) is 4.74. The molecule has 0 radical (unpaired) electrons. The normalized spacial score (nSPS) is 30.5. The van der Waals surface area contributed by atoms with Gasteiger partial charge in [0, 0.05) is 12.1 Å². The van der Waals surface area contributed by atoms with Gasteiger partial charge in [-0.05, 0) is 37.8 Å². The molecule has 3 rings (SSSR count). The molecular weight excluding hydrogens is 176 g/mol. The Balaban J connectivity index is 1.87. The van der Waals surface area contributed by atoms with Crippen molar-refractivity contribution >= 4 is 5.57 Å². The second kappa shape index (κ2) is 2.95. The molecule has 0 saturated carbocycles. The van der Waals surface area contributed by atoms with E-state index in [1.54, 1.807) is 0 Å². The van der Waals surface area contributed by atoms with Crippen LogP contribution in [0.1, 0.15) is 24.3 Å². The van der Waals surface area contributed by atoms with Gasteiger partial charge >= 0.3 is 0 Å². The van der Waals surface area contributed by atoms with Gasteiger partial charge in [-0.15, -0.1) is 0 Å². The number of aromatic nitrogens is 1. The Morgan fingerprint density at radius 1 is 1.57 bits per heavy atom. The molecule has 3 nitrogen and oxygen atoms in total. The molecule has 0 bridgehead atoms. The van der Waals surface area contributed by atoms with Crippen LogP contribution >= 0.6 is 0 Å². The minimum Gasteiger partial charge on any atom is -0.356 e. The minimum atomic E-state index is 0.579. The van der Waals surface area contributed by atoms with Crippen molar-refractivity contribution in [3.8, 4) is 0 Å². The Kier molecular flexibility index (Phi) is 1.74. The fourth-order valence-corrected chi connectivity index (χ4v) is 2.47. The number of fused-ring (bicyclic) bond motifs is 1. The first kappa shape index (κ1) is 8.24. The van der Waals surface area contributed by atoms with Crippen LogP contribution in [0, 0.1) is 12.8 Å². The summed E-state index contributed by atoms with van der Waals surface area (Å²) < 4.78 is 5.27. The molecule has 1 N–H and O–H groups in total. The lowest BCUT2D eigenvalue weighted by molar-refractivity contribution is 0.403. The Bertz CT molecular complexity index is 380. The molecule has 1 aliphatic carbocycles. The molecule has 0 spiro atoms. The first-order valence-electron chi connectivity index (χ1n) is 5.21. The molecule has 2 aliphatic rings. The van der Waals surface area contributed by atoms with E-state index in [2.05, 4.69) is 16.5 Å². The molecule has 1 fully saturated rings. The van der Waals surface area contributed by atoms with Crippen molar-refractivity contribution in [2.45, 2.75) is 25.8 Å². The highest BCUT2D eigenvalue weighted by Crippen LogP contribution is 2.36. The zero-order valence-corrected chi connectivity index (χ0v) is 8.29. The number of hydrogen-bond donors (Lipinski definition) is 1. The van der Waals surface area contributed by atoms with E-state index < -0.39 is 0 Å². The zero-order chi connectivity index (χ0) is 9.54. The van der Waals surface area contributed by atoms with Crippen molar-refractivity contribution in [1.29, 1.82) is 0 Å². The molecule has 1 saturated heterocycles. The van der Waals surface area contributed by atoms with Gasteiger partial charge in [0.25, 0.3) is 0 Å². The molecule has 2 atom stereocenters. The number of hydrogen-bond acceptors (Lipinski definition) is 3. The van der Waals surface area contributed by atoms with Gasteiger partial charge in [-0.2, -0.15) is 0 Å². The van der Waals surface area contributed by atoms with Gasteiger partial charge in [0.2, 0.25) is 0 Å². The van der Waals surface area contributed by atoms with E-state index in [1.807, 2.05) is 13.0 Å². The number of nitrogens with one attached hydrogen (secondary N) is 1. The highest BCUT2D eigenvalue weighted by atomic mass is 16.5. The monoisotopic (exact) mass is 190 g/mol. The van der Waals surface area contributed by atoms with Crippen LogP contribution in [0.4, 0.5) is 0 Å². The molecular formula is C11H14N2O. The maximum atomic E-state index is 5.27. The molecule has 3 heteroatoms. The summed E-state index contributed by atoms with van der Waals surface area (Å²) in [5.74, 6) is 1.74. The van der Waals surface area contributed by atoms with Gasteiger partial charge in [-0.25, -0.2) is 0 Å². The van der Waals surface area contributed by atoms with E-state index in [1.165, 1.54) is 12.0 Å². The summed E-state index contributed by atoms with van der Waals surface area (Å²) in [5, 5.41) is 7.41. The van der Waals surface area contributed by atoms with Crippen LogP contribution in [0.3, 0.4) is 0 Å². The number of nitrogens with zero attached hydrogens (tertiary/aromatic N) is 1. The Hall–Kier alpha value is -1.09. The zero-order valence-electron chi connectivity index (χ0n) is 8.29. The molecule has 0 aromatic carbocycles. The van der Waals surface area contributed by atoms with Crippen LogP contribution in [0.15, 0.2) is 16.7 Å². The van der Waals surface area contributed by atoms with Crippen LogP contribution in [-0.2, 0) is 0 Å². The summed E-state index contributed by atoms with van der Waals surface area (Å²) in [6, 6.07) is 2.60. The van der Waals surface area contributed by atoms with Crippen LogP contribution < -0.4 is 5.32 Å². The Morgan fingerprint density at radius 2 is 2.50 bits per heavy atom. The summed E-state index contributed by atoms with van der Waals surface area (Å²) in [6.45, 7) is 3.12.